The van der Waals surface area contributed by atoms with E-state index in [0.29, 0.717) is 0 Å². The van der Waals surface area contributed by atoms with Gasteiger partial charge in [-0.25, -0.2) is 9.97 Å². The Bertz CT molecular complexity index is 3800. The summed E-state index contributed by atoms with van der Waals surface area (Å²) in [7, 11) is 0. The number of benzene rings is 10. The van der Waals surface area contributed by atoms with Crippen LogP contribution in [0.15, 0.2) is 176 Å². The maximum Gasteiger partial charge on any atom is 0.165 e. The molecule has 0 aliphatic rings. The first-order valence-electron chi connectivity index (χ1n) is 19.1. The van der Waals surface area contributed by atoms with Crippen LogP contribution in [0.1, 0.15) is 0 Å². The van der Waals surface area contributed by atoms with Gasteiger partial charge in [0.2, 0.25) is 0 Å². The molecule has 56 heavy (non-hydrogen) atoms. The number of nitrogens with zero attached hydrogens (tertiary/aromatic N) is 3. The van der Waals surface area contributed by atoms with Crippen molar-refractivity contribution >= 4 is 118 Å². The van der Waals surface area contributed by atoms with Gasteiger partial charge in [-0.2, -0.15) is 0 Å². The van der Waals surface area contributed by atoms with Crippen LogP contribution in [0.5, 0.6) is 0 Å². The normalized spacial score (nSPS) is 12.3. The highest BCUT2D eigenvalue weighted by molar-refractivity contribution is 7.25. The summed E-state index contributed by atoms with van der Waals surface area (Å²) in [5.74, 6) is 0.827. The van der Waals surface area contributed by atoms with Gasteiger partial charge in [0.15, 0.2) is 5.82 Å². The summed E-state index contributed by atoms with van der Waals surface area (Å²) < 4.78 is 4.98. The van der Waals surface area contributed by atoms with Gasteiger partial charge in [-0.05, 0) is 68.0 Å². The Morgan fingerprint density at radius 3 is 1.79 bits per heavy atom. The van der Waals surface area contributed by atoms with Crippen LogP contribution in [-0.2, 0) is 0 Å². The zero-order chi connectivity index (χ0) is 36.5. The summed E-state index contributed by atoms with van der Waals surface area (Å²) in [5.41, 5.74) is 5.94. The molecule has 3 heterocycles. The molecule has 0 aliphatic heterocycles. The summed E-state index contributed by atoms with van der Waals surface area (Å²) >= 11 is 1.84. The van der Waals surface area contributed by atoms with E-state index in [1.807, 2.05) is 11.3 Å². The third-order valence-corrected chi connectivity index (χ3v) is 13.1. The molecule has 0 saturated carbocycles. The van der Waals surface area contributed by atoms with Gasteiger partial charge in [-0.15, -0.1) is 11.3 Å². The Morgan fingerprint density at radius 1 is 0.393 bits per heavy atom. The van der Waals surface area contributed by atoms with E-state index in [1.54, 1.807) is 0 Å². The molecule has 0 bridgehead atoms. The predicted octanol–water partition coefficient (Wildman–Crippen LogP) is 14.5. The van der Waals surface area contributed by atoms with Crippen molar-refractivity contribution in [2.24, 2.45) is 0 Å². The van der Waals surface area contributed by atoms with E-state index in [2.05, 4.69) is 180 Å². The van der Waals surface area contributed by atoms with Crippen molar-refractivity contribution in [1.29, 1.82) is 0 Å². The van der Waals surface area contributed by atoms with Crippen LogP contribution in [0.25, 0.3) is 124 Å². The second-order valence-electron chi connectivity index (χ2n) is 14.9. The molecular weight excluding hydrogens is 699 g/mol. The Morgan fingerprint density at radius 2 is 0.982 bits per heavy atom. The van der Waals surface area contributed by atoms with Crippen LogP contribution < -0.4 is 0 Å². The maximum absolute atomic E-state index is 5.75. The smallest absolute Gasteiger partial charge is 0.165 e. The van der Waals surface area contributed by atoms with E-state index in [1.165, 1.54) is 74.0 Å². The lowest BCUT2D eigenvalue weighted by Crippen LogP contribution is -2.04. The van der Waals surface area contributed by atoms with Crippen molar-refractivity contribution in [1.82, 2.24) is 14.5 Å². The molecular formula is C52H29N3S. The molecule has 0 fully saturated rings. The highest BCUT2D eigenvalue weighted by Gasteiger charge is 2.24. The lowest BCUT2D eigenvalue weighted by Gasteiger charge is -2.16. The highest BCUT2D eigenvalue weighted by Crippen LogP contribution is 2.46. The van der Waals surface area contributed by atoms with Crippen LogP contribution in [0.2, 0.25) is 0 Å². The van der Waals surface area contributed by atoms with Crippen LogP contribution in [0.4, 0.5) is 0 Å². The van der Waals surface area contributed by atoms with Crippen molar-refractivity contribution in [2.45, 2.75) is 0 Å². The molecule has 0 spiro atoms. The minimum Gasteiger partial charge on any atom is -0.291 e. The lowest BCUT2D eigenvalue weighted by molar-refractivity contribution is 1.09. The second-order valence-corrected chi connectivity index (χ2v) is 15.9. The summed E-state index contributed by atoms with van der Waals surface area (Å²) in [6.07, 6.45) is 0. The number of aromatic nitrogens is 3. The van der Waals surface area contributed by atoms with Gasteiger partial charge in [-0.1, -0.05) is 146 Å². The monoisotopic (exact) mass is 727 g/mol. The molecule has 10 aromatic carbocycles. The van der Waals surface area contributed by atoms with Gasteiger partial charge in [0, 0.05) is 52.7 Å². The van der Waals surface area contributed by atoms with Crippen molar-refractivity contribution in [3.8, 4) is 17.1 Å². The van der Waals surface area contributed by atoms with Gasteiger partial charge in [0.25, 0.3) is 0 Å². The van der Waals surface area contributed by atoms with Crippen LogP contribution in [-0.4, -0.2) is 14.5 Å². The molecule has 0 saturated heterocycles. The first-order valence-corrected chi connectivity index (χ1v) is 19.9. The van der Waals surface area contributed by atoms with Gasteiger partial charge >= 0.3 is 0 Å². The number of hydrogen-bond acceptors (Lipinski definition) is 3. The second kappa shape index (κ2) is 11.2. The SMILES string of the molecule is c1ccc2c(c1)ccc1nc(-c3ccc4sc5ccccc5c4c3)c(-n3c4ccc5c6ccccc6c6ccccc6c5c4c4ccc5ccccc5c43)nc12. The minimum absolute atomic E-state index is 0.827. The Kier molecular flexibility index (Phi) is 6.04. The van der Waals surface area contributed by atoms with Crippen molar-refractivity contribution in [3.63, 3.8) is 0 Å². The molecule has 4 heteroatoms. The van der Waals surface area contributed by atoms with Gasteiger partial charge in [0.1, 0.15) is 5.69 Å². The van der Waals surface area contributed by atoms with E-state index < -0.39 is 0 Å². The first-order chi connectivity index (χ1) is 27.8. The fourth-order valence-electron chi connectivity index (χ4n) is 9.49. The fourth-order valence-corrected chi connectivity index (χ4v) is 10.6. The molecule has 13 rings (SSSR count). The number of hydrogen-bond donors (Lipinski definition) is 0. The highest BCUT2D eigenvalue weighted by atomic mass is 32.1. The predicted molar refractivity (Wildman–Crippen MR) is 240 cm³/mol. The van der Waals surface area contributed by atoms with Gasteiger partial charge in [0.05, 0.1) is 22.1 Å². The Labute approximate surface area is 324 Å². The minimum atomic E-state index is 0.827. The summed E-state index contributed by atoms with van der Waals surface area (Å²) in [6, 6.07) is 64.1. The van der Waals surface area contributed by atoms with Crippen molar-refractivity contribution < 1.29 is 0 Å². The molecule has 13 aromatic rings. The third kappa shape index (κ3) is 4.06. The zero-order valence-corrected chi connectivity index (χ0v) is 30.8. The molecule has 3 aromatic heterocycles. The topological polar surface area (TPSA) is 30.7 Å². The third-order valence-electron chi connectivity index (χ3n) is 11.9. The lowest BCUT2D eigenvalue weighted by atomic mass is 9.91. The fraction of sp³-hybridized carbons (Fsp3) is 0. The van der Waals surface area contributed by atoms with E-state index in [-0.39, 0.29) is 0 Å². The molecule has 0 aliphatic carbocycles. The molecule has 0 N–H and O–H groups in total. The van der Waals surface area contributed by atoms with Crippen LogP contribution in [0.3, 0.4) is 0 Å². The van der Waals surface area contributed by atoms with Crippen molar-refractivity contribution in [2.75, 3.05) is 0 Å². The van der Waals surface area contributed by atoms with E-state index in [9.17, 15) is 0 Å². The maximum atomic E-state index is 5.75. The standard InChI is InChI=1S/C52H29N3S/c1-3-13-33-30(11-1)22-26-43-50(33)54-52(49(53-43)32-23-28-46-42(29-32)38-18-9-10-20-45(38)56-46)55-44-27-25-40-37-17-6-5-15-35(37)36-16-7-8-19-39(36)47(40)48(44)41-24-21-31-12-2-4-14-34(31)51(41)55/h1-29H. The molecule has 0 atom stereocenters. The Balaban J connectivity index is 1.26. The van der Waals surface area contributed by atoms with Gasteiger partial charge < -0.3 is 0 Å². The summed E-state index contributed by atoms with van der Waals surface area (Å²) in [5, 5.41) is 17.1. The van der Waals surface area contributed by atoms with Gasteiger partial charge in [-0.3, -0.25) is 4.57 Å². The van der Waals surface area contributed by atoms with Crippen molar-refractivity contribution in [3.05, 3.63) is 176 Å². The quantitative estimate of drug-likeness (QED) is 0.166. The Hall–Kier alpha value is -7.14. The summed E-state index contributed by atoms with van der Waals surface area (Å²) in [4.78, 5) is 11.3. The first kappa shape index (κ1) is 30.2. The van der Waals surface area contributed by atoms with E-state index in [4.69, 9.17) is 9.97 Å². The molecule has 0 radical (unpaired) electrons. The molecule has 0 amide bonds. The number of thiophene rings is 1. The molecule has 258 valence electrons. The molecule has 0 unspecified atom stereocenters. The van der Waals surface area contributed by atoms with Crippen LogP contribution in [0, 0.1) is 0 Å². The average Bonchev–Trinajstić information content (AvgIpc) is 3.81. The van der Waals surface area contributed by atoms with Crippen LogP contribution >= 0.6 is 11.3 Å². The number of fused-ring (bicyclic) bond motifs is 18. The number of rotatable bonds is 2. The summed E-state index contributed by atoms with van der Waals surface area (Å²) in [6.45, 7) is 0. The van der Waals surface area contributed by atoms with E-state index in [0.717, 1.165) is 49.9 Å². The zero-order valence-electron chi connectivity index (χ0n) is 30.0. The van der Waals surface area contributed by atoms with E-state index >= 15 is 0 Å². The molecule has 3 nitrogen and oxygen atoms in total. The largest absolute Gasteiger partial charge is 0.291 e. The average molecular weight is 728 g/mol.